The molecule has 21 heavy (non-hydrogen) atoms. The van der Waals surface area contributed by atoms with Gasteiger partial charge in [0, 0.05) is 13.6 Å². The van der Waals surface area contributed by atoms with Crippen LogP contribution in [0.3, 0.4) is 0 Å². The van der Waals surface area contributed by atoms with Gasteiger partial charge in [-0.2, -0.15) is 4.31 Å². The van der Waals surface area contributed by atoms with E-state index in [0.29, 0.717) is 5.75 Å². The van der Waals surface area contributed by atoms with Crippen molar-refractivity contribution < 1.29 is 18.3 Å². The molecule has 0 aliphatic rings. The Morgan fingerprint density at radius 2 is 2.05 bits per heavy atom. The summed E-state index contributed by atoms with van der Waals surface area (Å²) in [4.78, 5) is 0. The van der Waals surface area contributed by atoms with Crippen LogP contribution in [0.4, 0.5) is 0 Å². The molecule has 5 nitrogen and oxygen atoms in total. The van der Waals surface area contributed by atoms with Crippen LogP contribution < -0.4 is 4.74 Å². The molecule has 0 aliphatic carbocycles. The van der Waals surface area contributed by atoms with Crippen molar-refractivity contribution >= 4 is 37.3 Å². The van der Waals surface area contributed by atoms with Crippen LogP contribution in [0, 0.1) is 0 Å². The average Bonchev–Trinajstić information content (AvgIpc) is 2.88. The van der Waals surface area contributed by atoms with Gasteiger partial charge in [0.1, 0.15) is 4.21 Å². The van der Waals surface area contributed by atoms with Crippen molar-refractivity contribution in [2.45, 2.75) is 10.8 Å². The molecule has 114 valence electrons. The second-order valence-corrected chi connectivity index (χ2v) is 9.06. The molecule has 0 saturated carbocycles. The molecule has 1 aromatic heterocycles. The van der Waals surface area contributed by atoms with Gasteiger partial charge in [-0.25, -0.2) is 8.42 Å². The number of methoxy groups -OCH3 is 1. The van der Waals surface area contributed by atoms with E-state index in [4.69, 9.17) is 4.74 Å². The predicted molar refractivity (Wildman–Crippen MR) is 85.3 cm³/mol. The van der Waals surface area contributed by atoms with E-state index in [1.165, 1.54) is 35.9 Å². The van der Waals surface area contributed by atoms with Crippen molar-refractivity contribution in [3.8, 4) is 11.5 Å². The van der Waals surface area contributed by atoms with Crippen molar-refractivity contribution in [2.24, 2.45) is 0 Å². The molecule has 0 amide bonds. The maximum Gasteiger partial charge on any atom is 0.252 e. The summed E-state index contributed by atoms with van der Waals surface area (Å²) in [6.07, 6.45) is 0. The van der Waals surface area contributed by atoms with Gasteiger partial charge in [0.2, 0.25) is 0 Å². The first-order valence-corrected chi connectivity index (χ1v) is 8.97. The van der Waals surface area contributed by atoms with Gasteiger partial charge >= 0.3 is 0 Å². The molecule has 0 saturated heterocycles. The number of nitrogens with zero attached hydrogens (tertiary/aromatic N) is 1. The van der Waals surface area contributed by atoms with Crippen LogP contribution in [0.2, 0.25) is 0 Å². The summed E-state index contributed by atoms with van der Waals surface area (Å²) in [5.74, 6) is 0.339. The Labute approximate surface area is 136 Å². The van der Waals surface area contributed by atoms with Crippen molar-refractivity contribution in [3.05, 3.63) is 39.7 Å². The molecular formula is C13H14BrNO4S2. The van der Waals surface area contributed by atoms with E-state index < -0.39 is 10.0 Å². The summed E-state index contributed by atoms with van der Waals surface area (Å²) in [5.41, 5.74) is 0.728. The topological polar surface area (TPSA) is 66.8 Å². The smallest absolute Gasteiger partial charge is 0.252 e. The normalized spacial score (nSPS) is 11.8. The van der Waals surface area contributed by atoms with Crippen LogP contribution in [-0.4, -0.2) is 32.0 Å². The third kappa shape index (κ3) is 3.57. The molecule has 0 spiro atoms. The fraction of sp³-hybridized carbons (Fsp3) is 0.231. The number of halogens is 1. The summed E-state index contributed by atoms with van der Waals surface area (Å²) in [5, 5.41) is 9.55. The highest BCUT2D eigenvalue weighted by atomic mass is 79.9. The van der Waals surface area contributed by atoms with Crippen LogP contribution in [-0.2, 0) is 16.6 Å². The number of aromatic hydroxyl groups is 1. The van der Waals surface area contributed by atoms with E-state index in [0.717, 1.165) is 9.35 Å². The number of rotatable bonds is 5. The number of phenols is 1. The number of benzene rings is 1. The van der Waals surface area contributed by atoms with Crippen LogP contribution in [0.25, 0.3) is 0 Å². The zero-order chi connectivity index (χ0) is 15.6. The molecule has 1 aromatic carbocycles. The summed E-state index contributed by atoms with van der Waals surface area (Å²) in [6.45, 7) is 0.189. The second-order valence-electron chi connectivity index (χ2n) is 4.33. The first kappa shape index (κ1) is 16.3. The number of ether oxygens (including phenoxy) is 1. The minimum Gasteiger partial charge on any atom is -0.504 e. The van der Waals surface area contributed by atoms with E-state index >= 15 is 0 Å². The molecule has 0 radical (unpaired) electrons. The van der Waals surface area contributed by atoms with Gasteiger partial charge in [-0.3, -0.25) is 0 Å². The standard InChI is InChI=1S/C13H14BrNO4S2/c1-15(21(17,18)13-6-5-12(14)20-13)8-9-3-4-10(16)11(7-9)19-2/h3-7,16H,8H2,1-2H3. The van der Waals surface area contributed by atoms with Gasteiger partial charge in [0.25, 0.3) is 10.0 Å². The SMILES string of the molecule is COc1cc(CN(C)S(=O)(=O)c2ccc(Br)s2)ccc1O. The first-order valence-electron chi connectivity index (χ1n) is 5.92. The lowest BCUT2D eigenvalue weighted by molar-refractivity contribution is 0.372. The van der Waals surface area contributed by atoms with Gasteiger partial charge in [0.05, 0.1) is 10.9 Å². The monoisotopic (exact) mass is 391 g/mol. The fourth-order valence-electron chi connectivity index (χ4n) is 1.75. The van der Waals surface area contributed by atoms with Crippen molar-refractivity contribution in [2.75, 3.05) is 14.2 Å². The highest BCUT2D eigenvalue weighted by molar-refractivity contribution is 9.11. The summed E-state index contributed by atoms with van der Waals surface area (Å²) >= 11 is 4.42. The molecule has 0 aliphatic heterocycles. The zero-order valence-electron chi connectivity index (χ0n) is 11.4. The molecule has 0 unspecified atom stereocenters. The molecule has 1 N–H and O–H groups in total. The van der Waals surface area contributed by atoms with Gasteiger partial charge in [0.15, 0.2) is 11.5 Å². The van der Waals surface area contributed by atoms with Gasteiger partial charge in [-0.15, -0.1) is 11.3 Å². The molecule has 0 fully saturated rings. The summed E-state index contributed by atoms with van der Waals surface area (Å²) in [6, 6.07) is 8.03. The molecule has 2 rings (SSSR count). The Hall–Kier alpha value is -1.09. The average molecular weight is 392 g/mol. The Kier molecular flexibility index (Phi) is 4.92. The summed E-state index contributed by atoms with van der Waals surface area (Å²) < 4.78 is 32.1. The maximum atomic E-state index is 12.4. The van der Waals surface area contributed by atoms with Crippen LogP contribution in [0.15, 0.2) is 38.3 Å². The van der Waals surface area contributed by atoms with Gasteiger partial charge in [-0.05, 0) is 45.8 Å². The third-order valence-corrected chi connectivity index (χ3v) is 6.76. The van der Waals surface area contributed by atoms with Crippen LogP contribution >= 0.6 is 27.3 Å². The van der Waals surface area contributed by atoms with Gasteiger partial charge in [-0.1, -0.05) is 6.07 Å². The maximum absolute atomic E-state index is 12.4. The number of phenolic OH excluding ortho intramolecular Hbond substituents is 1. The fourth-order valence-corrected chi connectivity index (χ4v) is 5.13. The largest absolute Gasteiger partial charge is 0.504 e. The molecule has 1 heterocycles. The summed E-state index contributed by atoms with van der Waals surface area (Å²) in [7, 11) is -0.564. The lowest BCUT2D eigenvalue weighted by atomic mass is 10.2. The highest BCUT2D eigenvalue weighted by Crippen LogP contribution is 2.30. The quantitative estimate of drug-likeness (QED) is 0.850. The molecule has 0 bridgehead atoms. The molecule has 0 atom stereocenters. The van der Waals surface area contributed by atoms with Gasteiger partial charge < -0.3 is 9.84 Å². The zero-order valence-corrected chi connectivity index (χ0v) is 14.6. The highest BCUT2D eigenvalue weighted by Gasteiger charge is 2.23. The van der Waals surface area contributed by atoms with Crippen molar-refractivity contribution in [3.63, 3.8) is 0 Å². The third-order valence-electron chi connectivity index (χ3n) is 2.86. The molecular weight excluding hydrogens is 378 g/mol. The van der Waals surface area contributed by atoms with E-state index in [1.807, 2.05) is 0 Å². The number of sulfonamides is 1. The number of hydrogen-bond acceptors (Lipinski definition) is 5. The van der Waals surface area contributed by atoms with Crippen molar-refractivity contribution in [1.29, 1.82) is 0 Å². The molecule has 2 aromatic rings. The second kappa shape index (κ2) is 6.35. The Morgan fingerprint density at radius 1 is 1.33 bits per heavy atom. The van der Waals surface area contributed by atoms with Crippen LogP contribution in [0.5, 0.6) is 11.5 Å². The molecule has 8 heteroatoms. The minimum absolute atomic E-state index is 0.0222. The Balaban J connectivity index is 2.23. The number of hydrogen-bond donors (Lipinski definition) is 1. The van der Waals surface area contributed by atoms with E-state index in [1.54, 1.807) is 24.3 Å². The number of thiophene rings is 1. The Morgan fingerprint density at radius 3 is 2.62 bits per heavy atom. The predicted octanol–water partition coefficient (Wildman–Crippen LogP) is 3.05. The van der Waals surface area contributed by atoms with E-state index in [9.17, 15) is 13.5 Å². The first-order chi connectivity index (χ1) is 9.84. The van der Waals surface area contributed by atoms with E-state index in [-0.39, 0.29) is 16.5 Å². The van der Waals surface area contributed by atoms with E-state index in [2.05, 4.69) is 15.9 Å². The lowest BCUT2D eigenvalue weighted by Gasteiger charge is -2.16. The lowest BCUT2D eigenvalue weighted by Crippen LogP contribution is -2.25. The Bertz CT molecular complexity index is 742. The minimum atomic E-state index is -3.53. The van der Waals surface area contributed by atoms with Crippen LogP contribution in [0.1, 0.15) is 5.56 Å². The van der Waals surface area contributed by atoms with Crippen molar-refractivity contribution in [1.82, 2.24) is 4.31 Å².